The highest BCUT2D eigenvalue weighted by Crippen LogP contribution is 2.28. The maximum absolute atomic E-state index is 9.39. The molecule has 4 nitrogen and oxygen atoms in total. The molecule has 2 rings (SSSR count). The normalized spacial score (nSPS) is 11.1. The Morgan fingerprint density at radius 2 is 1.55 bits per heavy atom. The van der Waals surface area contributed by atoms with Crippen LogP contribution in [0.4, 0.5) is 17.1 Å². The maximum atomic E-state index is 9.39. The van der Waals surface area contributed by atoms with Crippen LogP contribution in [0, 0.1) is 0 Å². The van der Waals surface area contributed by atoms with Gasteiger partial charge in [-0.05, 0) is 48.2 Å². The lowest BCUT2D eigenvalue weighted by Gasteiger charge is -2.09. The lowest BCUT2D eigenvalue weighted by Crippen LogP contribution is -1.98. The number of aryl methyl sites for hydroxylation is 2. The summed E-state index contributed by atoms with van der Waals surface area (Å²) in [6.07, 6.45) is 1.74. The van der Waals surface area contributed by atoms with E-state index in [1.165, 1.54) is 0 Å². The lowest BCUT2D eigenvalue weighted by atomic mass is 10.0. The van der Waals surface area contributed by atoms with E-state index in [-0.39, 0.29) is 5.75 Å². The number of rotatable bonds is 4. The summed E-state index contributed by atoms with van der Waals surface area (Å²) < 4.78 is 0. The average Bonchev–Trinajstić information content (AvgIpc) is 2.46. The molecule has 0 atom stereocenters. The van der Waals surface area contributed by atoms with Crippen LogP contribution in [0.25, 0.3) is 0 Å². The van der Waals surface area contributed by atoms with E-state index in [1.54, 1.807) is 24.3 Å². The van der Waals surface area contributed by atoms with E-state index in [0.717, 1.165) is 35.3 Å². The number of nitrogen functional groups attached to an aromatic ring is 1. The van der Waals surface area contributed by atoms with Gasteiger partial charge >= 0.3 is 0 Å². The molecule has 2 aromatic rings. The number of benzene rings is 2. The third kappa shape index (κ3) is 3.15. The fraction of sp³-hybridized carbons (Fsp3) is 0.250. The molecule has 0 radical (unpaired) electrons. The molecule has 0 saturated carbocycles. The van der Waals surface area contributed by atoms with Crippen LogP contribution >= 0.6 is 0 Å². The molecular weight excluding hydrogens is 250 g/mol. The van der Waals surface area contributed by atoms with Crippen LogP contribution in [0.3, 0.4) is 0 Å². The summed E-state index contributed by atoms with van der Waals surface area (Å²) in [5.74, 6) is 0.183. The minimum absolute atomic E-state index is 0.183. The van der Waals surface area contributed by atoms with Crippen LogP contribution < -0.4 is 5.73 Å². The standard InChI is InChI=1S/C16H19N3O/c1-3-11-8-14(9-12(4-2)16(11)17)19-18-13-6-5-7-15(20)10-13/h5-10,20H,3-4,17H2,1-2H3. The van der Waals surface area contributed by atoms with E-state index in [9.17, 15) is 5.11 Å². The quantitative estimate of drug-likeness (QED) is 0.633. The lowest BCUT2D eigenvalue weighted by molar-refractivity contribution is 0.475. The van der Waals surface area contributed by atoms with Crippen LogP contribution in [0.5, 0.6) is 5.75 Å². The predicted molar refractivity (Wildman–Crippen MR) is 81.9 cm³/mol. The number of phenolic OH excluding ortho intramolecular Hbond substituents is 1. The van der Waals surface area contributed by atoms with Gasteiger partial charge in [-0.25, -0.2) is 0 Å². The van der Waals surface area contributed by atoms with Gasteiger partial charge in [0.1, 0.15) is 5.75 Å². The van der Waals surface area contributed by atoms with Gasteiger partial charge in [-0.15, -0.1) is 0 Å². The molecule has 20 heavy (non-hydrogen) atoms. The Kier molecular flexibility index (Phi) is 4.35. The number of nitrogens with two attached hydrogens (primary N) is 1. The van der Waals surface area contributed by atoms with Crippen molar-refractivity contribution in [3.8, 4) is 5.75 Å². The Morgan fingerprint density at radius 1 is 0.950 bits per heavy atom. The number of aromatic hydroxyl groups is 1. The molecule has 0 fully saturated rings. The molecule has 0 aliphatic rings. The van der Waals surface area contributed by atoms with E-state index < -0.39 is 0 Å². The molecule has 0 bridgehead atoms. The third-order valence-electron chi connectivity index (χ3n) is 3.21. The Labute approximate surface area is 119 Å². The van der Waals surface area contributed by atoms with E-state index >= 15 is 0 Å². The molecular formula is C16H19N3O. The second kappa shape index (κ2) is 6.19. The maximum Gasteiger partial charge on any atom is 0.117 e. The van der Waals surface area contributed by atoms with Crippen molar-refractivity contribution in [1.29, 1.82) is 0 Å². The second-order valence-electron chi connectivity index (χ2n) is 4.60. The number of nitrogens with zero attached hydrogens (tertiary/aromatic N) is 2. The zero-order valence-corrected chi connectivity index (χ0v) is 11.8. The van der Waals surface area contributed by atoms with E-state index in [4.69, 9.17) is 5.73 Å². The molecule has 104 valence electrons. The molecule has 0 amide bonds. The second-order valence-corrected chi connectivity index (χ2v) is 4.60. The van der Waals surface area contributed by atoms with Gasteiger partial charge in [0.05, 0.1) is 11.4 Å². The highest BCUT2D eigenvalue weighted by atomic mass is 16.3. The van der Waals surface area contributed by atoms with Crippen molar-refractivity contribution < 1.29 is 5.11 Å². The minimum Gasteiger partial charge on any atom is -0.508 e. The van der Waals surface area contributed by atoms with E-state index in [2.05, 4.69) is 24.1 Å². The van der Waals surface area contributed by atoms with Crippen molar-refractivity contribution in [2.24, 2.45) is 10.2 Å². The number of phenols is 1. The number of hydrogen-bond donors (Lipinski definition) is 2. The molecule has 0 unspecified atom stereocenters. The Morgan fingerprint density at radius 3 is 2.10 bits per heavy atom. The van der Waals surface area contributed by atoms with Gasteiger partial charge in [-0.1, -0.05) is 19.9 Å². The number of anilines is 1. The average molecular weight is 269 g/mol. The largest absolute Gasteiger partial charge is 0.508 e. The first-order valence-electron chi connectivity index (χ1n) is 6.76. The van der Waals surface area contributed by atoms with Gasteiger partial charge in [-0.3, -0.25) is 0 Å². The SMILES string of the molecule is CCc1cc(N=Nc2cccc(O)c2)cc(CC)c1N. The molecule has 0 aliphatic carbocycles. The molecule has 0 saturated heterocycles. The summed E-state index contributed by atoms with van der Waals surface area (Å²) in [5.41, 5.74) is 10.5. The van der Waals surface area contributed by atoms with Crippen molar-refractivity contribution in [3.63, 3.8) is 0 Å². The number of azo groups is 1. The van der Waals surface area contributed by atoms with Crippen molar-refractivity contribution in [1.82, 2.24) is 0 Å². The van der Waals surface area contributed by atoms with Gasteiger partial charge in [0.25, 0.3) is 0 Å². The molecule has 0 spiro atoms. The fourth-order valence-electron chi connectivity index (χ4n) is 2.07. The highest BCUT2D eigenvalue weighted by molar-refractivity contribution is 5.61. The van der Waals surface area contributed by atoms with Gasteiger partial charge in [0.15, 0.2) is 0 Å². The number of hydrogen-bond acceptors (Lipinski definition) is 4. The summed E-state index contributed by atoms with van der Waals surface area (Å²) >= 11 is 0. The summed E-state index contributed by atoms with van der Waals surface area (Å²) in [4.78, 5) is 0. The summed E-state index contributed by atoms with van der Waals surface area (Å²) in [7, 11) is 0. The first-order valence-corrected chi connectivity index (χ1v) is 6.76. The molecule has 0 aromatic heterocycles. The molecule has 0 heterocycles. The zero-order chi connectivity index (χ0) is 14.5. The van der Waals surface area contributed by atoms with Crippen LogP contribution in [0.1, 0.15) is 25.0 Å². The van der Waals surface area contributed by atoms with Crippen LogP contribution in [0.2, 0.25) is 0 Å². The first kappa shape index (κ1) is 14.1. The first-order chi connectivity index (χ1) is 9.63. The highest BCUT2D eigenvalue weighted by Gasteiger charge is 2.05. The third-order valence-corrected chi connectivity index (χ3v) is 3.21. The van der Waals surface area contributed by atoms with Crippen LogP contribution in [-0.2, 0) is 12.8 Å². The van der Waals surface area contributed by atoms with Crippen molar-refractivity contribution in [3.05, 3.63) is 47.5 Å². The summed E-state index contributed by atoms with van der Waals surface area (Å²) in [6, 6.07) is 10.6. The van der Waals surface area contributed by atoms with Crippen LogP contribution in [-0.4, -0.2) is 5.11 Å². The predicted octanol–water partition coefficient (Wildman–Crippen LogP) is 4.51. The Hall–Kier alpha value is -2.36. The van der Waals surface area contributed by atoms with E-state index in [1.807, 2.05) is 12.1 Å². The van der Waals surface area contributed by atoms with Crippen molar-refractivity contribution in [2.75, 3.05) is 5.73 Å². The topological polar surface area (TPSA) is 71.0 Å². The molecule has 0 aliphatic heterocycles. The molecule has 4 heteroatoms. The van der Waals surface area contributed by atoms with Gasteiger partial charge in [0, 0.05) is 11.8 Å². The smallest absolute Gasteiger partial charge is 0.117 e. The molecule has 3 N–H and O–H groups in total. The van der Waals surface area contributed by atoms with Crippen molar-refractivity contribution >= 4 is 17.1 Å². The van der Waals surface area contributed by atoms with Gasteiger partial charge in [-0.2, -0.15) is 10.2 Å². The fourth-order valence-corrected chi connectivity index (χ4v) is 2.07. The zero-order valence-electron chi connectivity index (χ0n) is 11.8. The van der Waals surface area contributed by atoms with Crippen molar-refractivity contribution in [2.45, 2.75) is 26.7 Å². The van der Waals surface area contributed by atoms with Gasteiger partial charge < -0.3 is 10.8 Å². The summed E-state index contributed by atoms with van der Waals surface area (Å²) in [5, 5.41) is 17.8. The van der Waals surface area contributed by atoms with Gasteiger partial charge in [0.2, 0.25) is 0 Å². The van der Waals surface area contributed by atoms with Crippen LogP contribution in [0.15, 0.2) is 46.6 Å². The molecule has 2 aromatic carbocycles. The Bertz CT molecular complexity index is 610. The monoisotopic (exact) mass is 269 g/mol. The Balaban J connectivity index is 2.33. The minimum atomic E-state index is 0.183. The summed E-state index contributed by atoms with van der Waals surface area (Å²) in [6.45, 7) is 4.14. The van der Waals surface area contributed by atoms with E-state index in [0.29, 0.717) is 5.69 Å².